The number of aromatic carboxylic acids is 1. The van der Waals surface area contributed by atoms with Crippen molar-refractivity contribution in [1.29, 1.82) is 0 Å². The monoisotopic (exact) mass is 292 g/mol. The van der Waals surface area contributed by atoms with Crippen molar-refractivity contribution < 1.29 is 19.4 Å². The van der Waals surface area contributed by atoms with E-state index in [1.807, 2.05) is 13.8 Å². The lowest BCUT2D eigenvalue weighted by Gasteiger charge is -2.41. The van der Waals surface area contributed by atoms with Crippen molar-refractivity contribution >= 4 is 17.7 Å². The fourth-order valence-electron chi connectivity index (χ4n) is 2.42. The number of morpholine rings is 1. The molecular weight excluding hydrogens is 272 g/mol. The van der Waals surface area contributed by atoms with Crippen LogP contribution in [0.3, 0.4) is 0 Å². The topological polar surface area (TPSA) is 78.9 Å². The van der Waals surface area contributed by atoms with Crippen LogP contribution in [0.15, 0.2) is 18.2 Å². The van der Waals surface area contributed by atoms with Crippen molar-refractivity contribution in [2.45, 2.75) is 26.3 Å². The molecule has 21 heavy (non-hydrogen) atoms. The highest BCUT2D eigenvalue weighted by Crippen LogP contribution is 2.23. The van der Waals surface area contributed by atoms with Crippen molar-refractivity contribution in [2.75, 3.05) is 25.1 Å². The molecule has 6 heteroatoms. The van der Waals surface area contributed by atoms with E-state index in [9.17, 15) is 9.59 Å². The van der Waals surface area contributed by atoms with Gasteiger partial charge in [-0.3, -0.25) is 0 Å². The van der Waals surface area contributed by atoms with Crippen LogP contribution in [0.2, 0.25) is 0 Å². The lowest BCUT2D eigenvalue weighted by molar-refractivity contribution is -0.0249. The highest BCUT2D eigenvalue weighted by Gasteiger charge is 2.34. The highest BCUT2D eigenvalue weighted by atomic mass is 16.5. The van der Waals surface area contributed by atoms with Crippen LogP contribution in [0.1, 0.15) is 29.8 Å². The maximum Gasteiger partial charge on any atom is 0.336 e. The Labute approximate surface area is 123 Å². The van der Waals surface area contributed by atoms with E-state index in [-0.39, 0.29) is 17.1 Å². The average molecular weight is 292 g/mol. The van der Waals surface area contributed by atoms with Crippen LogP contribution >= 0.6 is 0 Å². The molecule has 2 N–H and O–H groups in total. The Morgan fingerprint density at radius 2 is 2.10 bits per heavy atom. The van der Waals surface area contributed by atoms with Crippen molar-refractivity contribution in [3.8, 4) is 0 Å². The maximum absolute atomic E-state index is 12.4. The first kappa shape index (κ1) is 15.3. The van der Waals surface area contributed by atoms with E-state index in [1.165, 1.54) is 6.07 Å². The first-order chi connectivity index (χ1) is 9.83. The summed E-state index contributed by atoms with van der Waals surface area (Å²) in [5, 5.41) is 11.9. The molecule has 1 fully saturated rings. The molecule has 0 bridgehead atoms. The van der Waals surface area contributed by atoms with E-state index in [1.54, 1.807) is 24.0 Å². The zero-order valence-electron chi connectivity index (χ0n) is 12.5. The van der Waals surface area contributed by atoms with Crippen molar-refractivity contribution in [1.82, 2.24) is 4.90 Å². The molecule has 1 heterocycles. The molecule has 0 atom stereocenters. The van der Waals surface area contributed by atoms with Gasteiger partial charge in [0.2, 0.25) is 0 Å². The first-order valence-corrected chi connectivity index (χ1v) is 6.82. The maximum atomic E-state index is 12.4. The minimum Gasteiger partial charge on any atom is -0.478 e. The minimum absolute atomic E-state index is 0.189. The van der Waals surface area contributed by atoms with Gasteiger partial charge in [0.05, 0.1) is 24.3 Å². The Kier molecular flexibility index (Phi) is 4.18. The minimum atomic E-state index is -1.00. The second-order valence-electron chi connectivity index (χ2n) is 5.73. The molecule has 1 aliphatic heterocycles. The summed E-state index contributed by atoms with van der Waals surface area (Å²) in [6.45, 7) is 7.05. The Hall–Kier alpha value is -2.08. The summed E-state index contributed by atoms with van der Waals surface area (Å²) in [5.74, 6) is -1.00. The Bertz CT molecular complexity index is 569. The largest absolute Gasteiger partial charge is 0.478 e. The lowest BCUT2D eigenvalue weighted by atomic mass is 10.0. The quantitative estimate of drug-likeness (QED) is 0.877. The summed E-state index contributed by atoms with van der Waals surface area (Å²) in [4.78, 5) is 25.3. The van der Waals surface area contributed by atoms with E-state index in [0.717, 1.165) is 0 Å². The summed E-state index contributed by atoms with van der Waals surface area (Å²) in [7, 11) is 0. The van der Waals surface area contributed by atoms with E-state index >= 15 is 0 Å². The standard InChI is InChI=1S/C15H20N2O4/c1-10-11(13(18)19)5-4-6-12(10)16-14(20)17-7-8-21-9-15(17,2)3/h4-6H,7-9H2,1-3H3,(H,16,20)(H,18,19). The molecule has 0 saturated carbocycles. The fourth-order valence-corrected chi connectivity index (χ4v) is 2.42. The van der Waals surface area contributed by atoms with Crippen LogP contribution in [-0.4, -0.2) is 47.3 Å². The molecule has 114 valence electrons. The Morgan fingerprint density at radius 3 is 2.71 bits per heavy atom. The number of benzene rings is 1. The number of rotatable bonds is 2. The van der Waals surface area contributed by atoms with Crippen LogP contribution in [0.4, 0.5) is 10.5 Å². The number of carbonyl (C=O) groups excluding carboxylic acids is 1. The zero-order chi connectivity index (χ0) is 15.6. The number of carboxylic acid groups (broad SMARTS) is 1. The third kappa shape index (κ3) is 3.16. The predicted octanol–water partition coefficient (Wildman–Crippen LogP) is 2.34. The lowest BCUT2D eigenvalue weighted by Crippen LogP contribution is -2.56. The van der Waals surface area contributed by atoms with Gasteiger partial charge in [-0.1, -0.05) is 6.07 Å². The Balaban J connectivity index is 2.20. The van der Waals surface area contributed by atoms with Crippen LogP contribution in [-0.2, 0) is 4.74 Å². The molecule has 0 aromatic heterocycles. The van der Waals surface area contributed by atoms with Gasteiger partial charge in [-0.15, -0.1) is 0 Å². The molecule has 0 aliphatic carbocycles. The number of ether oxygens (including phenoxy) is 1. The van der Waals surface area contributed by atoms with Gasteiger partial charge in [-0.2, -0.15) is 0 Å². The van der Waals surface area contributed by atoms with Crippen molar-refractivity contribution in [3.63, 3.8) is 0 Å². The predicted molar refractivity (Wildman–Crippen MR) is 78.8 cm³/mol. The molecular formula is C15H20N2O4. The van der Waals surface area contributed by atoms with Crippen molar-refractivity contribution in [3.05, 3.63) is 29.3 Å². The second kappa shape index (κ2) is 5.73. The molecule has 1 aromatic rings. The number of hydrogen-bond donors (Lipinski definition) is 2. The summed E-state index contributed by atoms with van der Waals surface area (Å²) in [6, 6.07) is 4.60. The van der Waals surface area contributed by atoms with Gasteiger partial charge in [0.25, 0.3) is 0 Å². The molecule has 1 saturated heterocycles. The normalized spacial score (nSPS) is 17.4. The molecule has 1 aromatic carbocycles. The van der Waals surface area contributed by atoms with E-state index in [2.05, 4.69) is 5.32 Å². The number of carbonyl (C=O) groups is 2. The number of hydrogen-bond acceptors (Lipinski definition) is 3. The number of carboxylic acids is 1. The molecule has 1 aliphatic rings. The van der Waals surface area contributed by atoms with Crippen LogP contribution in [0, 0.1) is 6.92 Å². The molecule has 0 spiro atoms. The van der Waals surface area contributed by atoms with Gasteiger partial charge in [-0.25, -0.2) is 9.59 Å². The summed E-state index contributed by atoms with van der Waals surface area (Å²) < 4.78 is 5.39. The number of amides is 2. The second-order valence-corrected chi connectivity index (χ2v) is 5.73. The van der Waals surface area contributed by atoms with E-state index in [0.29, 0.717) is 31.0 Å². The molecule has 0 unspecified atom stereocenters. The number of nitrogens with zero attached hydrogens (tertiary/aromatic N) is 1. The Morgan fingerprint density at radius 1 is 1.38 bits per heavy atom. The SMILES string of the molecule is Cc1c(NC(=O)N2CCOCC2(C)C)cccc1C(=O)O. The van der Waals surface area contributed by atoms with Crippen LogP contribution < -0.4 is 5.32 Å². The smallest absolute Gasteiger partial charge is 0.336 e. The van der Waals surface area contributed by atoms with Gasteiger partial charge < -0.3 is 20.1 Å². The molecule has 2 amide bonds. The van der Waals surface area contributed by atoms with Gasteiger partial charge in [0.15, 0.2) is 0 Å². The first-order valence-electron chi connectivity index (χ1n) is 6.82. The van der Waals surface area contributed by atoms with E-state index < -0.39 is 5.97 Å². The third-order valence-electron chi connectivity index (χ3n) is 3.70. The highest BCUT2D eigenvalue weighted by molar-refractivity contribution is 5.95. The van der Waals surface area contributed by atoms with E-state index in [4.69, 9.17) is 9.84 Å². The molecule has 2 rings (SSSR count). The molecule has 6 nitrogen and oxygen atoms in total. The fraction of sp³-hybridized carbons (Fsp3) is 0.467. The van der Waals surface area contributed by atoms with Gasteiger partial charge >= 0.3 is 12.0 Å². The summed E-state index contributed by atoms with van der Waals surface area (Å²) >= 11 is 0. The third-order valence-corrected chi connectivity index (χ3v) is 3.70. The summed E-state index contributed by atoms with van der Waals surface area (Å²) in [5.41, 5.74) is 0.862. The number of anilines is 1. The average Bonchev–Trinajstić information content (AvgIpc) is 2.40. The van der Waals surface area contributed by atoms with Crippen LogP contribution in [0.5, 0.6) is 0 Å². The van der Waals surface area contributed by atoms with Crippen molar-refractivity contribution in [2.24, 2.45) is 0 Å². The van der Waals surface area contributed by atoms with Crippen LogP contribution in [0.25, 0.3) is 0 Å². The van der Waals surface area contributed by atoms with Gasteiger partial charge in [-0.05, 0) is 38.5 Å². The number of nitrogens with one attached hydrogen (secondary N) is 1. The summed E-state index contributed by atoms with van der Waals surface area (Å²) in [6.07, 6.45) is 0. The van der Waals surface area contributed by atoms with Gasteiger partial charge in [0, 0.05) is 12.2 Å². The number of urea groups is 1. The zero-order valence-corrected chi connectivity index (χ0v) is 12.5. The molecule has 0 radical (unpaired) electrons. The van der Waals surface area contributed by atoms with Gasteiger partial charge in [0.1, 0.15) is 0 Å².